The fourth-order valence-corrected chi connectivity index (χ4v) is 1.47. The number of nitrogens with one attached hydrogen (secondary N) is 2. The second-order valence-electron chi connectivity index (χ2n) is 3.87. The summed E-state index contributed by atoms with van der Waals surface area (Å²) in [5.41, 5.74) is 0.595. The van der Waals surface area contributed by atoms with Gasteiger partial charge in [0, 0.05) is 5.69 Å². The number of pyridine rings is 1. The zero-order valence-electron chi connectivity index (χ0n) is 9.83. The molecule has 1 amide bonds. The first-order chi connectivity index (χ1) is 7.82. The molecule has 0 aliphatic carbocycles. The summed E-state index contributed by atoms with van der Waals surface area (Å²) in [6.07, 6.45) is 0. The molecule has 0 spiro atoms. The van der Waals surface area contributed by atoms with Crippen molar-refractivity contribution in [2.45, 2.75) is 26.8 Å². The Morgan fingerprint density at radius 1 is 1.41 bits per heavy atom. The minimum absolute atomic E-state index is 0.0521. The number of carbonyl (C=O) groups is 2. The van der Waals surface area contributed by atoms with Crippen molar-refractivity contribution in [2.24, 2.45) is 0 Å². The second-order valence-corrected chi connectivity index (χ2v) is 3.87. The molecule has 0 saturated carbocycles. The number of hydrogen-bond donors (Lipinski definition) is 3. The summed E-state index contributed by atoms with van der Waals surface area (Å²) in [5, 5.41) is 10.9. The molecule has 17 heavy (non-hydrogen) atoms. The highest BCUT2D eigenvalue weighted by atomic mass is 16.4. The van der Waals surface area contributed by atoms with Crippen molar-refractivity contribution in [1.82, 2.24) is 10.3 Å². The van der Waals surface area contributed by atoms with Crippen molar-refractivity contribution in [2.75, 3.05) is 0 Å². The van der Waals surface area contributed by atoms with E-state index >= 15 is 0 Å². The molecule has 0 fully saturated rings. The van der Waals surface area contributed by atoms with E-state index < -0.39 is 23.5 Å². The summed E-state index contributed by atoms with van der Waals surface area (Å²) in [5.74, 6) is -1.84. The standard InChI is InChI=1S/C11H14N2O4/c1-5-4-6(2)12-9(14)8(5)10(15)13-7(3)11(16)17/h4,7H,1-3H3,(H,12,14)(H,13,15)(H,16,17)/t7-/m1/s1. The Morgan fingerprint density at radius 2 is 2.00 bits per heavy atom. The summed E-state index contributed by atoms with van der Waals surface area (Å²) in [7, 11) is 0. The van der Waals surface area contributed by atoms with E-state index in [2.05, 4.69) is 10.3 Å². The van der Waals surface area contributed by atoms with Crippen LogP contribution in [0.1, 0.15) is 28.5 Å². The third kappa shape index (κ3) is 2.93. The van der Waals surface area contributed by atoms with Crippen molar-refractivity contribution in [3.8, 4) is 0 Å². The molecule has 6 heteroatoms. The van der Waals surface area contributed by atoms with Crippen molar-refractivity contribution >= 4 is 11.9 Å². The van der Waals surface area contributed by atoms with Gasteiger partial charge >= 0.3 is 5.97 Å². The third-order valence-electron chi connectivity index (χ3n) is 2.31. The van der Waals surface area contributed by atoms with Crippen LogP contribution in [0.25, 0.3) is 0 Å². The number of aliphatic carboxylic acids is 1. The Labute approximate surface area is 97.7 Å². The van der Waals surface area contributed by atoms with E-state index in [9.17, 15) is 14.4 Å². The largest absolute Gasteiger partial charge is 0.480 e. The lowest BCUT2D eigenvalue weighted by Gasteiger charge is -2.10. The van der Waals surface area contributed by atoms with Crippen LogP contribution in [-0.4, -0.2) is 28.0 Å². The fraction of sp³-hybridized carbons (Fsp3) is 0.364. The van der Waals surface area contributed by atoms with Crippen molar-refractivity contribution in [3.05, 3.63) is 33.2 Å². The monoisotopic (exact) mass is 238 g/mol. The maximum Gasteiger partial charge on any atom is 0.325 e. The van der Waals surface area contributed by atoms with Gasteiger partial charge in [0.25, 0.3) is 11.5 Å². The maximum absolute atomic E-state index is 11.7. The smallest absolute Gasteiger partial charge is 0.325 e. The molecule has 0 radical (unpaired) electrons. The van der Waals surface area contributed by atoms with Crippen molar-refractivity contribution in [3.63, 3.8) is 0 Å². The molecule has 0 saturated heterocycles. The maximum atomic E-state index is 11.7. The number of aryl methyl sites for hydroxylation is 2. The first-order valence-electron chi connectivity index (χ1n) is 5.07. The number of amides is 1. The van der Waals surface area contributed by atoms with Crippen molar-refractivity contribution in [1.29, 1.82) is 0 Å². The molecule has 1 aromatic rings. The topological polar surface area (TPSA) is 99.3 Å². The molecule has 6 nitrogen and oxygen atoms in total. The van der Waals surface area contributed by atoms with Gasteiger partial charge in [0.1, 0.15) is 11.6 Å². The van der Waals surface area contributed by atoms with Crippen LogP contribution in [0.15, 0.2) is 10.9 Å². The van der Waals surface area contributed by atoms with Gasteiger partial charge in [-0.2, -0.15) is 0 Å². The number of aromatic amines is 1. The Balaban J connectivity index is 3.06. The molecule has 1 aromatic heterocycles. The van der Waals surface area contributed by atoms with Gasteiger partial charge < -0.3 is 15.4 Å². The molecule has 1 atom stereocenters. The second kappa shape index (κ2) is 4.82. The van der Waals surface area contributed by atoms with Gasteiger partial charge in [-0.3, -0.25) is 14.4 Å². The molecular weight excluding hydrogens is 224 g/mol. The van der Waals surface area contributed by atoms with E-state index in [1.54, 1.807) is 19.9 Å². The van der Waals surface area contributed by atoms with Gasteiger partial charge in [0.05, 0.1) is 0 Å². The summed E-state index contributed by atoms with van der Waals surface area (Å²) >= 11 is 0. The van der Waals surface area contributed by atoms with Crippen LogP contribution in [-0.2, 0) is 4.79 Å². The molecule has 0 aromatic carbocycles. The molecule has 0 unspecified atom stereocenters. The summed E-state index contributed by atoms with van der Waals surface area (Å²) < 4.78 is 0. The van der Waals surface area contributed by atoms with E-state index in [4.69, 9.17) is 5.11 Å². The third-order valence-corrected chi connectivity index (χ3v) is 2.31. The number of aromatic nitrogens is 1. The van der Waals surface area contributed by atoms with Crippen LogP contribution in [0.2, 0.25) is 0 Å². The van der Waals surface area contributed by atoms with E-state index in [1.165, 1.54) is 6.92 Å². The van der Waals surface area contributed by atoms with Crippen molar-refractivity contribution < 1.29 is 14.7 Å². The quantitative estimate of drug-likeness (QED) is 0.700. The molecular formula is C11H14N2O4. The van der Waals surface area contributed by atoms with Gasteiger partial charge in [-0.25, -0.2) is 0 Å². The normalized spacial score (nSPS) is 11.9. The predicted octanol–water partition coefficient (Wildman–Crippen LogP) is 0.195. The average Bonchev–Trinajstić information content (AvgIpc) is 2.15. The summed E-state index contributed by atoms with van der Waals surface area (Å²) in [6, 6.07) is 0.615. The highest BCUT2D eigenvalue weighted by Crippen LogP contribution is 2.03. The number of hydrogen-bond acceptors (Lipinski definition) is 3. The van der Waals surface area contributed by atoms with Gasteiger partial charge in [-0.15, -0.1) is 0 Å². The number of carboxylic acids is 1. The van der Waals surface area contributed by atoms with E-state index in [1.807, 2.05) is 0 Å². The van der Waals surface area contributed by atoms with Crippen LogP contribution >= 0.6 is 0 Å². The number of rotatable bonds is 3. The highest BCUT2D eigenvalue weighted by molar-refractivity contribution is 5.97. The highest BCUT2D eigenvalue weighted by Gasteiger charge is 2.19. The van der Waals surface area contributed by atoms with Gasteiger partial charge in [-0.05, 0) is 32.4 Å². The molecule has 1 heterocycles. The number of carboxylic acid groups (broad SMARTS) is 1. The van der Waals surface area contributed by atoms with E-state index in [-0.39, 0.29) is 5.56 Å². The lowest BCUT2D eigenvalue weighted by atomic mass is 10.1. The Bertz CT molecular complexity index is 519. The van der Waals surface area contributed by atoms with Crippen LogP contribution in [0.4, 0.5) is 0 Å². The molecule has 1 rings (SSSR count). The molecule has 3 N–H and O–H groups in total. The average molecular weight is 238 g/mol. The minimum atomic E-state index is -1.15. The number of H-pyrrole nitrogens is 1. The first kappa shape index (κ1) is 13.0. The zero-order valence-corrected chi connectivity index (χ0v) is 9.83. The SMILES string of the molecule is Cc1cc(C)c(C(=O)N[C@H](C)C(=O)O)c(=O)[nH]1. The first-order valence-corrected chi connectivity index (χ1v) is 5.07. The Morgan fingerprint density at radius 3 is 2.47 bits per heavy atom. The molecule has 92 valence electrons. The molecule has 0 aliphatic heterocycles. The predicted molar refractivity (Wildman–Crippen MR) is 61.1 cm³/mol. The van der Waals surface area contributed by atoms with Crippen LogP contribution in [0.3, 0.4) is 0 Å². The van der Waals surface area contributed by atoms with Crippen LogP contribution < -0.4 is 10.9 Å². The van der Waals surface area contributed by atoms with Crippen LogP contribution in [0, 0.1) is 13.8 Å². The zero-order chi connectivity index (χ0) is 13.2. The minimum Gasteiger partial charge on any atom is -0.480 e. The fourth-order valence-electron chi connectivity index (χ4n) is 1.47. The van der Waals surface area contributed by atoms with Gasteiger partial charge in [0.15, 0.2) is 0 Å². The summed E-state index contributed by atoms with van der Waals surface area (Å²) in [4.78, 5) is 36.4. The van der Waals surface area contributed by atoms with Gasteiger partial charge in [0.2, 0.25) is 0 Å². The lowest BCUT2D eigenvalue weighted by molar-refractivity contribution is -0.138. The number of carbonyl (C=O) groups excluding carboxylic acids is 1. The Hall–Kier alpha value is -2.11. The van der Waals surface area contributed by atoms with Crippen LogP contribution in [0.5, 0.6) is 0 Å². The Kier molecular flexibility index (Phi) is 3.67. The van der Waals surface area contributed by atoms with Gasteiger partial charge in [-0.1, -0.05) is 0 Å². The van der Waals surface area contributed by atoms with E-state index in [0.29, 0.717) is 11.3 Å². The lowest BCUT2D eigenvalue weighted by Crippen LogP contribution is -2.41. The molecule has 0 aliphatic rings. The summed E-state index contributed by atoms with van der Waals surface area (Å²) in [6.45, 7) is 4.66. The van der Waals surface area contributed by atoms with E-state index in [0.717, 1.165) is 0 Å². The molecule has 0 bridgehead atoms.